The largest absolute Gasteiger partial charge is 0.508 e. The van der Waals surface area contributed by atoms with Gasteiger partial charge in [-0.25, -0.2) is 0 Å². The van der Waals surface area contributed by atoms with Gasteiger partial charge in [0.2, 0.25) is 0 Å². The first-order chi connectivity index (χ1) is 5.00. The standard InChI is InChI=1S/C6H5O4S/c7-5-1-3-6(4-2-5)11(8,9)10/h1-3,7H,(H,8,9,10). The second kappa shape index (κ2) is 2.52. The summed E-state index contributed by atoms with van der Waals surface area (Å²) in [6.45, 7) is 0. The summed E-state index contributed by atoms with van der Waals surface area (Å²) in [6, 6.07) is 5.46. The van der Waals surface area contributed by atoms with Gasteiger partial charge in [-0.05, 0) is 18.2 Å². The van der Waals surface area contributed by atoms with Gasteiger partial charge in [0, 0.05) is 6.07 Å². The molecule has 1 aromatic rings. The molecule has 0 spiro atoms. The van der Waals surface area contributed by atoms with E-state index >= 15 is 0 Å². The summed E-state index contributed by atoms with van der Waals surface area (Å²) in [5, 5.41) is 8.71. The van der Waals surface area contributed by atoms with Gasteiger partial charge in [-0.15, -0.1) is 0 Å². The topological polar surface area (TPSA) is 74.6 Å². The minimum absolute atomic E-state index is 0.0996. The number of phenols is 1. The minimum atomic E-state index is -4.19. The fraction of sp³-hybridized carbons (Fsp3) is 0. The smallest absolute Gasteiger partial charge is 0.295 e. The average Bonchev–Trinajstić information content (AvgIpc) is 1.86. The molecule has 0 atom stereocenters. The molecule has 0 amide bonds. The van der Waals surface area contributed by atoms with Crippen molar-refractivity contribution in [2.75, 3.05) is 0 Å². The molecule has 4 nitrogen and oxygen atoms in total. The van der Waals surface area contributed by atoms with Crippen LogP contribution in [0.2, 0.25) is 0 Å². The summed E-state index contributed by atoms with van der Waals surface area (Å²) in [6.07, 6.45) is 0. The zero-order valence-corrected chi connectivity index (χ0v) is 6.17. The van der Waals surface area contributed by atoms with Crippen molar-refractivity contribution in [2.45, 2.75) is 4.90 Å². The van der Waals surface area contributed by atoms with Crippen molar-refractivity contribution in [3.63, 3.8) is 0 Å². The van der Waals surface area contributed by atoms with Crippen LogP contribution in [0.5, 0.6) is 5.75 Å². The Kier molecular flexibility index (Phi) is 1.84. The molecule has 5 heteroatoms. The summed E-state index contributed by atoms with van der Waals surface area (Å²) in [4.78, 5) is -0.352. The van der Waals surface area contributed by atoms with Crippen LogP contribution in [-0.4, -0.2) is 18.1 Å². The van der Waals surface area contributed by atoms with E-state index in [9.17, 15) is 8.42 Å². The number of phenolic OH excluding ortho intramolecular Hbond substituents is 1. The summed E-state index contributed by atoms with van der Waals surface area (Å²) < 4.78 is 29.2. The lowest BCUT2D eigenvalue weighted by Crippen LogP contribution is -1.96. The van der Waals surface area contributed by atoms with Gasteiger partial charge >= 0.3 is 0 Å². The monoisotopic (exact) mass is 173 g/mol. The highest BCUT2D eigenvalue weighted by Crippen LogP contribution is 2.12. The summed E-state index contributed by atoms with van der Waals surface area (Å²) in [7, 11) is -4.19. The molecular weight excluding hydrogens is 168 g/mol. The molecule has 59 valence electrons. The van der Waals surface area contributed by atoms with E-state index in [2.05, 4.69) is 6.07 Å². The van der Waals surface area contributed by atoms with E-state index in [4.69, 9.17) is 9.66 Å². The molecule has 1 radical (unpaired) electrons. The quantitative estimate of drug-likeness (QED) is 0.604. The van der Waals surface area contributed by atoms with Crippen LogP contribution in [0.25, 0.3) is 0 Å². The van der Waals surface area contributed by atoms with Crippen molar-refractivity contribution in [2.24, 2.45) is 0 Å². The molecular formula is C6H5O4S. The molecule has 0 bridgehead atoms. The Hall–Kier alpha value is -1.07. The van der Waals surface area contributed by atoms with Gasteiger partial charge in [0.1, 0.15) is 10.6 Å². The highest BCUT2D eigenvalue weighted by atomic mass is 32.2. The molecule has 1 aromatic carbocycles. The van der Waals surface area contributed by atoms with E-state index in [1.165, 1.54) is 0 Å². The second-order valence-electron chi connectivity index (χ2n) is 1.89. The predicted octanol–water partition coefficient (Wildman–Crippen LogP) is 0.439. The molecule has 0 saturated heterocycles. The van der Waals surface area contributed by atoms with Crippen LogP contribution in [0.15, 0.2) is 23.1 Å². The lowest BCUT2D eigenvalue weighted by atomic mass is 10.3. The molecule has 2 N–H and O–H groups in total. The van der Waals surface area contributed by atoms with Gasteiger partial charge in [-0.3, -0.25) is 4.55 Å². The number of hydrogen-bond donors (Lipinski definition) is 2. The van der Waals surface area contributed by atoms with Gasteiger partial charge in [0.15, 0.2) is 0 Å². The van der Waals surface area contributed by atoms with Crippen LogP contribution in [0.4, 0.5) is 0 Å². The third-order valence-corrected chi connectivity index (χ3v) is 1.86. The van der Waals surface area contributed by atoms with E-state index in [1.54, 1.807) is 0 Å². The van der Waals surface area contributed by atoms with Crippen molar-refractivity contribution < 1.29 is 18.1 Å². The zero-order chi connectivity index (χ0) is 8.48. The van der Waals surface area contributed by atoms with Gasteiger partial charge in [0.25, 0.3) is 10.1 Å². The Morgan fingerprint density at radius 3 is 2.36 bits per heavy atom. The van der Waals surface area contributed by atoms with Crippen LogP contribution in [0, 0.1) is 6.07 Å². The highest BCUT2D eigenvalue weighted by molar-refractivity contribution is 7.85. The first kappa shape index (κ1) is 8.03. The summed E-state index contributed by atoms with van der Waals surface area (Å²) in [5.74, 6) is -0.0996. The molecule has 11 heavy (non-hydrogen) atoms. The molecule has 0 aliphatic rings. The van der Waals surface area contributed by atoms with E-state index in [1.807, 2.05) is 0 Å². The minimum Gasteiger partial charge on any atom is -0.508 e. The number of rotatable bonds is 1. The molecule has 0 fully saturated rings. The van der Waals surface area contributed by atoms with Crippen molar-refractivity contribution in [3.8, 4) is 5.75 Å². The summed E-state index contributed by atoms with van der Waals surface area (Å²) >= 11 is 0. The molecule has 0 aliphatic heterocycles. The maximum Gasteiger partial charge on any atom is 0.295 e. The Morgan fingerprint density at radius 2 is 2.00 bits per heavy atom. The fourth-order valence-electron chi connectivity index (χ4n) is 0.563. The molecule has 0 aromatic heterocycles. The van der Waals surface area contributed by atoms with Crippen LogP contribution in [-0.2, 0) is 10.1 Å². The van der Waals surface area contributed by atoms with Crippen molar-refractivity contribution in [1.29, 1.82) is 0 Å². The number of hydrogen-bond acceptors (Lipinski definition) is 3. The zero-order valence-electron chi connectivity index (χ0n) is 5.35. The molecule has 0 aliphatic carbocycles. The van der Waals surface area contributed by atoms with Gasteiger partial charge in [-0.2, -0.15) is 8.42 Å². The predicted molar refractivity (Wildman–Crippen MR) is 36.8 cm³/mol. The van der Waals surface area contributed by atoms with Gasteiger partial charge in [-0.1, -0.05) is 0 Å². The Morgan fingerprint density at radius 1 is 1.36 bits per heavy atom. The first-order valence-electron chi connectivity index (χ1n) is 2.68. The van der Waals surface area contributed by atoms with Crippen LogP contribution in [0.1, 0.15) is 0 Å². The Balaban J connectivity index is 3.20. The maximum atomic E-state index is 10.4. The normalized spacial score (nSPS) is 11.4. The van der Waals surface area contributed by atoms with Gasteiger partial charge < -0.3 is 5.11 Å². The summed E-state index contributed by atoms with van der Waals surface area (Å²) in [5.41, 5.74) is 0. The van der Waals surface area contributed by atoms with E-state index in [0.717, 1.165) is 18.2 Å². The van der Waals surface area contributed by atoms with Crippen molar-refractivity contribution in [3.05, 3.63) is 24.3 Å². The molecule has 0 saturated carbocycles. The van der Waals surface area contributed by atoms with Crippen LogP contribution in [0.3, 0.4) is 0 Å². The van der Waals surface area contributed by atoms with Crippen molar-refractivity contribution in [1.82, 2.24) is 0 Å². The molecule has 0 unspecified atom stereocenters. The van der Waals surface area contributed by atoms with Crippen LogP contribution < -0.4 is 0 Å². The molecule has 1 rings (SSSR count). The lowest BCUT2D eigenvalue weighted by molar-refractivity contribution is 0.472. The van der Waals surface area contributed by atoms with Crippen LogP contribution >= 0.6 is 0 Å². The highest BCUT2D eigenvalue weighted by Gasteiger charge is 2.07. The number of benzene rings is 1. The molecule has 0 heterocycles. The van der Waals surface area contributed by atoms with E-state index in [0.29, 0.717) is 0 Å². The van der Waals surface area contributed by atoms with E-state index < -0.39 is 10.1 Å². The third-order valence-electron chi connectivity index (χ3n) is 1.05. The number of aromatic hydroxyl groups is 1. The average molecular weight is 173 g/mol. The van der Waals surface area contributed by atoms with Crippen molar-refractivity contribution >= 4 is 10.1 Å². The lowest BCUT2D eigenvalue weighted by Gasteiger charge is -1.94. The maximum absolute atomic E-state index is 10.4. The second-order valence-corrected chi connectivity index (χ2v) is 3.28. The SMILES string of the molecule is O=S(=O)(O)c1[c]cc(O)cc1. The Bertz CT molecular complexity index is 337. The fourth-order valence-corrected chi connectivity index (χ4v) is 1.01. The first-order valence-corrected chi connectivity index (χ1v) is 4.12. The van der Waals surface area contributed by atoms with E-state index in [-0.39, 0.29) is 10.6 Å². The van der Waals surface area contributed by atoms with Gasteiger partial charge in [0.05, 0.1) is 0 Å². The Labute approximate surface area is 63.9 Å². The third kappa shape index (κ3) is 1.92.